The van der Waals surface area contributed by atoms with Crippen molar-refractivity contribution in [1.82, 2.24) is 15.1 Å². The van der Waals surface area contributed by atoms with Crippen LogP contribution in [0.4, 0.5) is 8.78 Å². The van der Waals surface area contributed by atoms with Gasteiger partial charge in [-0.3, -0.25) is 4.90 Å². The summed E-state index contributed by atoms with van der Waals surface area (Å²) in [5.41, 5.74) is 1.14. The molecule has 1 saturated heterocycles. The van der Waals surface area contributed by atoms with E-state index in [0.717, 1.165) is 51.1 Å². The van der Waals surface area contributed by atoms with Crippen LogP contribution in [0.25, 0.3) is 0 Å². The Morgan fingerprint density at radius 3 is 2.22 bits per heavy atom. The van der Waals surface area contributed by atoms with Crippen LogP contribution in [0, 0.1) is 5.92 Å². The van der Waals surface area contributed by atoms with Crippen LogP contribution < -0.4 is 10.1 Å². The van der Waals surface area contributed by atoms with E-state index in [-0.39, 0.29) is 5.75 Å². The monoisotopic (exact) mass is 383 g/mol. The van der Waals surface area contributed by atoms with Crippen molar-refractivity contribution >= 4 is 0 Å². The molecule has 4 nitrogen and oxygen atoms in total. The Morgan fingerprint density at radius 1 is 1.04 bits per heavy atom. The molecule has 1 N–H and O–H groups in total. The van der Waals surface area contributed by atoms with Gasteiger partial charge in [-0.2, -0.15) is 8.78 Å². The van der Waals surface area contributed by atoms with Gasteiger partial charge in [0.1, 0.15) is 5.75 Å². The summed E-state index contributed by atoms with van der Waals surface area (Å²) in [4.78, 5) is 5.01. The maximum Gasteiger partial charge on any atom is 0.387 e. The third kappa shape index (κ3) is 7.72. The summed E-state index contributed by atoms with van der Waals surface area (Å²) in [6.07, 6.45) is 1.94. The lowest BCUT2D eigenvalue weighted by atomic mass is 10.0. The topological polar surface area (TPSA) is 27.7 Å². The zero-order valence-electron chi connectivity index (χ0n) is 17.1. The molecule has 0 spiro atoms. The largest absolute Gasteiger partial charge is 0.435 e. The Kier molecular flexibility index (Phi) is 8.93. The molecule has 0 radical (unpaired) electrons. The second kappa shape index (κ2) is 10.9. The second-order valence-corrected chi connectivity index (χ2v) is 8.02. The number of ether oxygens (including phenoxy) is 1. The minimum Gasteiger partial charge on any atom is -0.435 e. The van der Waals surface area contributed by atoms with Crippen LogP contribution in [-0.2, 0) is 6.42 Å². The van der Waals surface area contributed by atoms with E-state index in [4.69, 9.17) is 0 Å². The van der Waals surface area contributed by atoms with E-state index in [0.29, 0.717) is 18.0 Å². The van der Waals surface area contributed by atoms with Crippen LogP contribution >= 0.6 is 0 Å². The number of alkyl halides is 2. The zero-order valence-corrected chi connectivity index (χ0v) is 17.1. The smallest absolute Gasteiger partial charge is 0.387 e. The molecule has 1 fully saturated rings. The molecule has 1 aliphatic heterocycles. The minimum absolute atomic E-state index is 0.215. The predicted molar refractivity (Wildman–Crippen MR) is 107 cm³/mol. The third-order valence-corrected chi connectivity index (χ3v) is 5.47. The van der Waals surface area contributed by atoms with Crippen LogP contribution in [0.1, 0.15) is 32.8 Å². The van der Waals surface area contributed by atoms with Crippen molar-refractivity contribution < 1.29 is 13.5 Å². The van der Waals surface area contributed by atoms with Crippen LogP contribution in [-0.4, -0.2) is 68.3 Å². The quantitative estimate of drug-likeness (QED) is 0.670. The highest BCUT2D eigenvalue weighted by atomic mass is 19.3. The summed E-state index contributed by atoms with van der Waals surface area (Å²) in [6, 6.07) is 7.93. The first-order valence-corrected chi connectivity index (χ1v) is 10.0. The highest BCUT2D eigenvalue weighted by Crippen LogP contribution is 2.17. The van der Waals surface area contributed by atoms with Gasteiger partial charge < -0.3 is 15.0 Å². The lowest BCUT2D eigenvalue weighted by molar-refractivity contribution is -0.0498. The molecular weight excluding hydrogens is 348 g/mol. The fourth-order valence-corrected chi connectivity index (χ4v) is 3.58. The number of nitrogens with one attached hydrogen (secondary N) is 1. The molecule has 2 rings (SSSR count). The van der Waals surface area contributed by atoms with E-state index in [9.17, 15) is 8.78 Å². The number of hydrogen-bond acceptors (Lipinski definition) is 4. The molecule has 1 heterocycles. The summed E-state index contributed by atoms with van der Waals surface area (Å²) >= 11 is 0. The highest BCUT2D eigenvalue weighted by Gasteiger charge is 2.25. The van der Waals surface area contributed by atoms with E-state index in [1.165, 1.54) is 0 Å². The molecule has 2 atom stereocenters. The van der Waals surface area contributed by atoms with Crippen molar-refractivity contribution in [3.05, 3.63) is 29.8 Å². The van der Waals surface area contributed by atoms with Crippen molar-refractivity contribution in [1.29, 1.82) is 0 Å². The number of aryl methyl sites for hydroxylation is 1. The van der Waals surface area contributed by atoms with Gasteiger partial charge >= 0.3 is 6.61 Å². The molecular formula is C21H35F2N3O. The van der Waals surface area contributed by atoms with E-state index >= 15 is 0 Å². The molecule has 27 heavy (non-hydrogen) atoms. The molecule has 0 bridgehead atoms. The Morgan fingerprint density at radius 2 is 1.67 bits per heavy atom. The van der Waals surface area contributed by atoms with Gasteiger partial charge in [-0.15, -0.1) is 0 Å². The first-order chi connectivity index (χ1) is 12.8. The van der Waals surface area contributed by atoms with E-state index in [1.54, 1.807) is 12.1 Å². The van der Waals surface area contributed by atoms with E-state index in [2.05, 4.69) is 47.7 Å². The lowest BCUT2D eigenvalue weighted by Crippen LogP contribution is -2.54. The van der Waals surface area contributed by atoms with Crippen LogP contribution in [0.2, 0.25) is 0 Å². The fourth-order valence-electron chi connectivity index (χ4n) is 3.58. The number of likely N-dealkylation sites (N-methyl/N-ethyl adjacent to an activating group) is 1. The molecule has 154 valence electrons. The number of piperazine rings is 1. The Hall–Kier alpha value is -1.24. The maximum atomic E-state index is 12.2. The van der Waals surface area contributed by atoms with Gasteiger partial charge in [0.2, 0.25) is 0 Å². The van der Waals surface area contributed by atoms with Crippen molar-refractivity contribution in [2.45, 2.75) is 52.3 Å². The summed E-state index contributed by atoms with van der Waals surface area (Å²) in [6.45, 7) is 9.63. The van der Waals surface area contributed by atoms with Gasteiger partial charge in [-0.1, -0.05) is 26.0 Å². The van der Waals surface area contributed by atoms with Crippen molar-refractivity contribution in [3.8, 4) is 5.75 Å². The summed E-state index contributed by atoms with van der Waals surface area (Å²) in [7, 11) is 2.19. The number of hydrogen-bond donors (Lipinski definition) is 1. The molecule has 1 aromatic carbocycles. The third-order valence-electron chi connectivity index (χ3n) is 5.47. The van der Waals surface area contributed by atoms with Gasteiger partial charge in [0.15, 0.2) is 0 Å². The van der Waals surface area contributed by atoms with Gasteiger partial charge in [-0.25, -0.2) is 0 Å². The fraction of sp³-hybridized carbons (Fsp3) is 0.714. The molecule has 2 unspecified atom stereocenters. The number of nitrogens with zero attached hydrogens (tertiary/aromatic N) is 2. The normalized spacial score (nSPS) is 18.8. The van der Waals surface area contributed by atoms with Gasteiger partial charge in [0, 0.05) is 44.8 Å². The SMILES string of the molecule is CC(CCc1ccc(OC(F)F)cc1)NCC(C(C)C)N1CCN(C)CC1. The average Bonchev–Trinajstić information content (AvgIpc) is 2.62. The van der Waals surface area contributed by atoms with E-state index in [1.807, 2.05) is 12.1 Å². The van der Waals surface area contributed by atoms with Crippen molar-refractivity contribution in [3.63, 3.8) is 0 Å². The van der Waals surface area contributed by atoms with Gasteiger partial charge in [0.25, 0.3) is 0 Å². The summed E-state index contributed by atoms with van der Waals surface area (Å²) in [5, 5.41) is 3.70. The van der Waals surface area contributed by atoms with Gasteiger partial charge in [0.05, 0.1) is 0 Å². The van der Waals surface area contributed by atoms with Crippen LogP contribution in [0.5, 0.6) is 5.75 Å². The molecule has 1 aliphatic rings. The first-order valence-electron chi connectivity index (χ1n) is 10.0. The number of halogens is 2. The molecule has 6 heteroatoms. The number of benzene rings is 1. The maximum absolute atomic E-state index is 12.2. The number of rotatable bonds is 10. The zero-order chi connectivity index (χ0) is 19.8. The summed E-state index contributed by atoms with van der Waals surface area (Å²) < 4.78 is 28.8. The summed E-state index contributed by atoms with van der Waals surface area (Å²) in [5.74, 6) is 0.836. The molecule has 0 aromatic heterocycles. The predicted octanol–water partition coefficient (Wildman–Crippen LogP) is 3.47. The van der Waals surface area contributed by atoms with Gasteiger partial charge in [-0.05, 0) is 50.4 Å². The Balaban J connectivity index is 1.74. The highest BCUT2D eigenvalue weighted by molar-refractivity contribution is 5.27. The molecule has 0 saturated carbocycles. The average molecular weight is 384 g/mol. The molecule has 0 aliphatic carbocycles. The Labute approximate surface area is 162 Å². The molecule has 0 amide bonds. The van der Waals surface area contributed by atoms with E-state index < -0.39 is 6.61 Å². The lowest BCUT2D eigenvalue weighted by Gasteiger charge is -2.40. The Bertz CT molecular complexity index is 531. The van der Waals surface area contributed by atoms with Crippen LogP contribution in [0.15, 0.2) is 24.3 Å². The van der Waals surface area contributed by atoms with Crippen molar-refractivity contribution in [2.75, 3.05) is 39.8 Å². The second-order valence-electron chi connectivity index (χ2n) is 8.02. The molecule has 1 aromatic rings. The first kappa shape index (κ1) is 22.1. The van der Waals surface area contributed by atoms with Crippen LogP contribution in [0.3, 0.4) is 0 Å². The van der Waals surface area contributed by atoms with Crippen molar-refractivity contribution in [2.24, 2.45) is 5.92 Å². The standard InChI is InChI=1S/C21H35F2N3O/c1-16(2)20(26-13-11-25(4)12-14-26)15-24-17(3)5-6-18-7-9-19(10-8-18)27-21(22)23/h7-10,16-17,20-21,24H,5-6,11-15H2,1-4H3. The minimum atomic E-state index is -2.77.